The van der Waals surface area contributed by atoms with E-state index in [4.69, 9.17) is 11.6 Å². The van der Waals surface area contributed by atoms with Crippen LogP contribution in [0.1, 0.15) is 19.0 Å². The minimum absolute atomic E-state index is 0.749. The van der Waals surface area contributed by atoms with Crippen molar-refractivity contribution < 1.29 is 0 Å². The summed E-state index contributed by atoms with van der Waals surface area (Å²) >= 11 is 5.91. The van der Waals surface area contributed by atoms with E-state index in [1.165, 1.54) is 0 Å². The Balaban J connectivity index is 2.52. The van der Waals surface area contributed by atoms with Gasteiger partial charge in [0.25, 0.3) is 0 Å². The fraction of sp³-hybridized carbons (Fsp3) is 0.250. The smallest absolute Gasteiger partial charge is 0.0720 e. The van der Waals surface area contributed by atoms with Crippen molar-refractivity contribution in [2.45, 2.75) is 19.8 Å². The molecule has 2 aromatic rings. The van der Waals surface area contributed by atoms with Crippen molar-refractivity contribution in [1.82, 2.24) is 4.98 Å². The van der Waals surface area contributed by atoms with Crippen LogP contribution in [0.5, 0.6) is 0 Å². The molecule has 2 rings (SSSR count). The summed E-state index contributed by atoms with van der Waals surface area (Å²) in [6.45, 7) is 2.16. The van der Waals surface area contributed by atoms with Gasteiger partial charge in [-0.05, 0) is 24.6 Å². The monoisotopic (exact) mass is 205 g/mol. The second kappa shape index (κ2) is 3.97. The van der Waals surface area contributed by atoms with E-state index in [0.29, 0.717) is 0 Å². The van der Waals surface area contributed by atoms with Crippen LogP contribution in [-0.2, 0) is 6.42 Å². The molecule has 0 N–H and O–H groups in total. The summed E-state index contributed by atoms with van der Waals surface area (Å²) in [5.41, 5.74) is 2.13. The van der Waals surface area contributed by atoms with Crippen molar-refractivity contribution in [3.63, 3.8) is 0 Å². The van der Waals surface area contributed by atoms with Gasteiger partial charge >= 0.3 is 0 Å². The summed E-state index contributed by atoms with van der Waals surface area (Å²) in [6, 6.07) is 9.99. The summed E-state index contributed by atoms with van der Waals surface area (Å²) in [7, 11) is 0. The van der Waals surface area contributed by atoms with Gasteiger partial charge in [-0.3, -0.25) is 4.98 Å². The normalized spacial score (nSPS) is 10.7. The van der Waals surface area contributed by atoms with Crippen LogP contribution in [0.4, 0.5) is 0 Å². The van der Waals surface area contributed by atoms with E-state index in [9.17, 15) is 0 Å². The largest absolute Gasteiger partial charge is 0.253 e. The molecule has 0 aliphatic rings. The molecule has 0 saturated carbocycles. The molecule has 0 unspecified atom stereocenters. The van der Waals surface area contributed by atoms with Gasteiger partial charge in [0.1, 0.15) is 0 Å². The lowest BCUT2D eigenvalue weighted by Crippen LogP contribution is -1.89. The van der Waals surface area contributed by atoms with Gasteiger partial charge in [0, 0.05) is 16.1 Å². The van der Waals surface area contributed by atoms with Crippen molar-refractivity contribution >= 4 is 22.5 Å². The third-order valence-corrected chi connectivity index (χ3v) is 2.45. The van der Waals surface area contributed by atoms with E-state index in [1.54, 1.807) is 0 Å². The molecule has 1 heterocycles. The molecule has 0 aliphatic carbocycles. The van der Waals surface area contributed by atoms with Crippen molar-refractivity contribution in [2.75, 3.05) is 0 Å². The van der Waals surface area contributed by atoms with Crippen molar-refractivity contribution in [3.8, 4) is 0 Å². The molecular weight excluding hydrogens is 194 g/mol. The molecule has 1 aromatic heterocycles. The minimum atomic E-state index is 0.749. The number of aryl methyl sites for hydroxylation is 1. The third-order valence-electron chi connectivity index (χ3n) is 2.22. The summed E-state index contributed by atoms with van der Waals surface area (Å²) in [4.78, 5) is 4.54. The average molecular weight is 206 g/mol. The number of aromatic nitrogens is 1. The Labute approximate surface area is 88.7 Å². The van der Waals surface area contributed by atoms with Gasteiger partial charge in [-0.25, -0.2) is 0 Å². The van der Waals surface area contributed by atoms with Crippen LogP contribution in [-0.4, -0.2) is 4.98 Å². The third kappa shape index (κ3) is 1.88. The number of nitrogens with zero attached hydrogens (tertiary/aromatic N) is 1. The fourth-order valence-electron chi connectivity index (χ4n) is 1.53. The first-order valence-electron chi connectivity index (χ1n) is 4.85. The summed E-state index contributed by atoms with van der Waals surface area (Å²) in [5, 5.41) is 1.90. The predicted molar refractivity (Wildman–Crippen MR) is 60.7 cm³/mol. The maximum atomic E-state index is 5.91. The Bertz CT molecular complexity index is 451. The second-order valence-electron chi connectivity index (χ2n) is 3.39. The van der Waals surface area contributed by atoms with Crippen LogP contribution in [0.3, 0.4) is 0 Å². The highest BCUT2D eigenvalue weighted by molar-refractivity contribution is 6.31. The van der Waals surface area contributed by atoms with Gasteiger partial charge in [-0.1, -0.05) is 37.1 Å². The highest BCUT2D eigenvalue weighted by Gasteiger charge is 1.98. The van der Waals surface area contributed by atoms with Gasteiger partial charge in [0.2, 0.25) is 0 Å². The zero-order valence-corrected chi connectivity index (χ0v) is 8.88. The Hall–Kier alpha value is -1.08. The van der Waals surface area contributed by atoms with Gasteiger partial charge in [0.05, 0.1) is 5.52 Å². The lowest BCUT2D eigenvalue weighted by Gasteiger charge is -2.01. The highest BCUT2D eigenvalue weighted by Crippen LogP contribution is 2.18. The Morgan fingerprint density at radius 3 is 2.79 bits per heavy atom. The summed E-state index contributed by atoms with van der Waals surface area (Å²) in [6.07, 6.45) is 2.15. The zero-order valence-electron chi connectivity index (χ0n) is 8.13. The molecule has 72 valence electrons. The molecule has 1 nitrogen and oxygen atoms in total. The number of pyridine rings is 1. The molecule has 0 bridgehead atoms. The van der Waals surface area contributed by atoms with Crippen molar-refractivity contribution in [1.29, 1.82) is 0 Å². The van der Waals surface area contributed by atoms with E-state index >= 15 is 0 Å². The summed E-state index contributed by atoms with van der Waals surface area (Å²) in [5.74, 6) is 0. The van der Waals surface area contributed by atoms with Crippen molar-refractivity contribution in [3.05, 3.63) is 41.0 Å². The van der Waals surface area contributed by atoms with E-state index in [1.807, 2.05) is 18.2 Å². The molecular formula is C12H12ClN. The maximum absolute atomic E-state index is 5.91. The first-order valence-corrected chi connectivity index (χ1v) is 5.22. The molecule has 0 fully saturated rings. The predicted octanol–water partition coefficient (Wildman–Crippen LogP) is 3.84. The van der Waals surface area contributed by atoms with Gasteiger partial charge in [0.15, 0.2) is 0 Å². The van der Waals surface area contributed by atoms with Gasteiger partial charge in [-0.2, -0.15) is 0 Å². The fourth-order valence-corrected chi connectivity index (χ4v) is 1.69. The maximum Gasteiger partial charge on any atom is 0.0720 e. The number of rotatable bonds is 2. The second-order valence-corrected chi connectivity index (χ2v) is 3.83. The number of benzene rings is 1. The molecule has 2 heteroatoms. The number of fused-ring (bicyclic) bond motifs is 1. The number of halogens is 1. The summed E-state index contributed by atoms with van der Waals surface area (Å²) < 4.78 is 0. The first kappa shape index (κ1) is 9.47. The molecule has 0 atom stereocenters. The van der Waals surface area contributed by atoms with E-state index < -0.39 is 0 Å². The van der Waals surface area contributed by atoms with Gasteiger partial charge < -0.3 is 0 Å². The quantitative estimate of drug-likeness (QED) is 0.726. The average Bonchev–Trinajstić information content (AvgIpc) is 2.17. The molecule has 1 aromatic carbocycles. The van der Waals surface area contributed by atoms with Crippen LogP contribution in [0, 0.1) is 0 Å². The van der Waals surface area contributed by atoms with E-state index in [0.717, 1.165) is 34.5 Å². The van der Waals surface area contributed by atoms with Crippen LogP contribution < -0.4 is 0 Å². The topological polar surface area (TPSA) is 12.9 Å². The molecule has 0 saturated heterocycles. The Morgan fingerprint density at radius 1 is 1.21 bits per heavy atom. The standard InChI is InChI=1S/C12H12ClN/c1-2-3-11-7-5-9-4-6-10(13)8-12(9)14-11/h4-8H,2-3H2,1H3. The molecule has 14 heavy (non-hydrogen) atoms. The SMILES string of the molecule is CCCc1ccc2ccc(Cl)cc2n1. The Morgan fingerprint density at radius 2 is 2.00 bits per heavy atom. The first-order chi connectivity index (χ1) is 6.79. The minimum Gasteiger partial charge on any atom is -0.253 e. The highest BCUT2D eigenvalue weighted by atomic mass is 35.5. The van der Waals surface area contributed by atoms with Crippen LogP contribution in [0.2, 0.25) is 5.02 Å². The van der Waals surface area contributed by atoms with E-state index in [2.05, 4.69) is 24.0 Å². The Kier molecular flexibility index (Phi) is 2.69. The number of hydrogen-bond donors (Lipinski definition) is 0. The van der Waals surface area contributed by atoms with E-state index in [-0.39, 0.29) is 0 Å². The lowest BCUT2D eigenvalue weighted by molar-refractivity contribution is 0.890. The van der Waals surface area contributed by atoms with Crippen molar-refractivity contribution in [2.24, 2.45) is 0 Å². The molecule has 0 spiro atoms. The van der Waals surface area contributed by atoms with Gasteiger partial charge in [-0.15, -0.1) is 0 Å². The molecule has 0 radical (unpaired) electrons. The lowest BCUT2D eigenvalue weighted by atomic mass is 10.1. The molecule has 0 amide bonds. The van der Waals surface area contributed by atoms with Crippen LogP contribution >= 0.6 is 11.6 Å². The zero-order chi connectivity index (χ0) is 9.97. The molecule has 0 aliphatic heterocycles. The van der Waals surface area contributed by atoms with Crippen LogP contribution in [0.25, 0.3) is 10.9 Å². The number of hydrogen-bond acceptors (Lipinski definition) is 1. The van der Waals surface area contributed by atoms with Crippen LogP contribution in [0.15, 0.2) is 30.3 Å².